The molecule has 242 valence electrons. The quantitative estimate of drug-likeness (QED) is 0.250. The number of hydrogen-bond acceptors (Lipinski definition) is 7. The Hall–Kier alpha value is -4.02. The van der Waals surface area contributed by atoms with Gasteiger partial charge in [0.1, 0.15) is 12.3 Å². The van der Waals surface area contributed by atoms with Crippen molar-refractivity contribution in [3.63, 3.8) is 0 Å². The van der Waals surface area contributed by atoms with E-state index in [4.69, 9.17) is 18.6 Å². The average molecular weight is 619 g/mol. The molecule has 0 radical (unpaired) electrons. The number of carbonyl (C=O) groups excluding carboxylic acids is 2. The number of carbonyl (C=O) groups is 2. The van der Waals surface area contributed by atoms with E-state index >= 15 is 0 Å². The molecule has 0 spiro atoms. The number of rotatable bonds is 13. The third-order valence-electron chi connectivity index (χ3n) is 8.31. The smallest absolute Gasteiger partial charge is 0.322 e. The number of hydrogen-bond donors (Lipinski definition) is 1. The molecule has 0 aliphatic carbocycles. The van der Waals surface area contributed by atoms with Gasteiger partial charge in [-0.3, -0.25) is 9.69 Å². The Morgan fingerprint density at radius 1 is 0.889 bits per heavy atom. The maximum atomic E-state index is 14.1. The summed E-state index contributed by atoms with van der Waals surface area (Å²) in [6.07, 6.45) is 2.34. The van der Waals surface area contributed by atoms with Crippen molar-refractivity contribution in [1.29, 1.82) is 0 Å². The van der Waals surface area contributed by atoms with Gasteiger partial charge in [-0.25, -0.2) is 4.79 Å². The van der Waals surface area contributed by atoms with Crippen molar-refractivity contribution in [3.05, 3.63) is 77.2 Å². The monoisotopic (exact) mass is 618 g/mol. The Kier molecular flexibility index (Phi) is 11.0. The molecule has 3 heterocycles. The number of nitrogens with zero attached hydrogens (tertiary/aromatic N) is 3. The maximum Gasteiger partial charge on any atom is 0.322 e. The fourth-order valence-corrected chi connectivity index (χ4v) is 5.79. The van der Waals surface area contributed by atoms with Gasteiger partial charge < -0.3 is 33.7 Å². The molecular formula is C35H46N4O6. The third kappa shape index (κ3) is 8.58. The zero-order valence-electron chi connectivity index (χ0n) is 26.9. The van der Waals surface area contributed by atoms with E-state index in [9.17, 15) is 9.59 Å². The molecule has 1 saturated heterocycles. The van der Waals surface area contributed by atoms with Gasteiger partial charge in [-0.15, -0.1) is 0 Å². The zero-order chi connectivity index (χ0) is 31.8. The van der Waals surface area contributed by atoms with E-state index < -0.39 is 0 Å². The molecule has 1 N–H and O–H groups in total. The summed E-state index contributed by atoms with van der Waals surface area (Å²) in [5.74, 6) is 2.29. The third-order valence-corrected chi connectivity index (χ3v) is 8.31. The highest BCUT2D eigenvalue weighted by molar-refractivity contribution is 5.94. The summed E-state index contributed by atoms with van der Waals surface area (Å²) in [6, 6.07) is 15.2. The van der Waals surface area contributed by atoms with Crippen molar-refractivity contribution < 1.29 is 28.2 Å². The van der Waals surface area contributed by atoms with Crippen molar-refractivity contribution in [2.75, 3.05) is 58.0 Å². The fraction of sp³-hybridized carbons (Fsp3) is 0.486. The van der Waals surface area contributed by atoms with Gasteiger partial charge in [-0.2, -0.15) is 0 Å². The molecule has 3 aromatic rings. The molecule has 2 aliphatic heterocycles. The second kappa shape index (κ2) is 15.3. The normalized spacial score (nSPS) is 14.6. The molecule has 10 nitrogen and oxygen atoms in total. The van der Waals surface area contributed by atoms with E-state index in [0.29, 0.717) is 43.6 Å². The lowest BCUT2D eigenvalue weighted by Gasteiger charge is -2.30. The molecule has 0 bridgehead atoms. The number of amides is 3. The van der Waals surface area contributed by atoms with Crippen molar-refractivity contribution in [2.24, 2.45) is 0 Å². The van der Waals surface area contributed by atoms with E-state index in [1.807, 2.05) is 36.4 Å². The summed E-state index contributed by atoms with van der Waals surface area (Å²) in [5, 5.41) is 3.23. The SMILES string of the molecule is CC(C)c1cccc(C(C)C)c1NC(=O)N(CCCN1CCOCC1)CC(=O)N(Cc1ccc2c(c1)OCO2)Cc1ccco1. The van der Waals surface area contributed by atoms with Crippen molar-refractivity contribution in [1.82, 2.24) is 14.7 Å². The van der Waals surface area contributed by atoms with Crippen LogP contribution in [0.1, 0.15) is 68.4 Å². The van der Waals surface area contributed by atoms with Crippen molar-refractivity contribution in [3.8, 4) is 11.5 Å². The second-order valence-electron chi connectivity index (χ2n) is 12.3. The number of benzene rings is 2. The van der Waals surface area contributed by atoms with Crippen LogP contribution in [-0.4, -0.2) is 79.4 Å². The van der Waals surface area contributed by atoms with Gasteiger partial charge in [0.15, 0.2) is 11.5 Å². The molecule has 3 amide bonds. The first-order chi connectivity index (χ1) is 21.8. The molecule has 10 heteroatoms. The molecule has 5 rings (SSSR count). The number of ether oxygens (including phenoxy) is 3. The lowest BCUT2D eigenvalue weighted by Crippen LogP contribution is -2.45. The molecule has 1 fully saturated rings. The Labute approximate surface area is 266 Å². The molecule has 0 unspecified atom stereocenters. The molecule has 2 aliphatic rings. The van der Waals surface area contributed by atoms with Gasteiger partial charge in [0.25, 0.3) is 0 Å². The Balaban J connectivity index is 1.36. The lowest BCUT2D eigenvalue weighted by molar-refractivity contribution is -0.133. The Morgan fingerprint density at radius 3 is 2.31 bits per heavy atom. The highest BCUT2D eigenvalue weighted by Gasteiger charge is 2.26. The van der Waals surface area contributed by atoms with Crippen LogP contribution in [0.3, 0.4) is 0 Å². The molecule has 0 saturated carbocycles. The van der Waals surface area contributed by atoms with Crippen LogP contribution in [0.4, 0.5) is 10.5 Å². The number of anilines is 1. The van der Waals surface area contributed by atoms with Crippen LogP contribution in [0.5, 0.6) is 11.5 Å². The number of urea groups is 1. The number of para-hydroxylation sites is 1. The highest BCUT2D eigenvalue weighted by Crippen LogP contribution is 2.34. The van der Waals surface area contributed by atoms with Crippen LogP contribution in [0.15, 0.2) is 59.2 Å². The summed E-state index contributed by atoms with van der Waals surface area (Å²) in [7, 11) is 0. The van der Waals surface area contributed by atoms with Crippen LogP contribution in [-0.2, 0) is 22.6 Å². The number of morpholine rings is 1. The van der Waals surface area contributed by atoms with Gasteiger partial charge in [-0.1, -0.05) is 52.0 Å². The van der Waals surface area contributed by atoms with Gasteiger partial charge in [0.2, 0.25) is 12.7 Å². The van der Waals surface area contributed by atoms with E-state index in [1.54, 1.807) is 16.1 Å². The van der Waals surface area contributed by atoms with Crippen molar-refractivity contribution >= 4 is 17.6 Å². The van der Waals surface area contributed by atoms with Gasteiger partial charge >= 0.3 is 6.03 Å². The van der Waals surface area contributed by atoms with Crippen LogP contribution in [0, 0.1) is 0 Å². The molecule has 1 aromatic heterocycles. The van der Waals surface area contributed by atoms with E-state index in [2.05, 4.69) is 50.0 Å². The summed E-state index contributed by atoms with van der Waals surface area (Å²) in [4.78, 5) is 33.9. The lowest BCUT2D eigenvalue weighted by atomic mass is 9.93. The maximum absolute atomic E-state index is 14.1. The molecule has 0 atom stereocenters. The minimum absolute atomic E-state index is 0.0684. The summed E-state index contributed by atoms with van der Waals surface area (Å²) in [6.45, 7) is 13.7. The predicted octanol–water partition coefficient (Wildman–Crippen LogP) is 6.04. The van der Waals surface area contributed by atoms with Crippen LogP contribution >= 0.6 is 0 Å². The van der Waals surface area contributed by atoms with Gasteiger partial charge in [0, 0.05) is 38.4 Å². The predicted molar refractivity (Wildman–Crippen MR) is 173 cm³/mol. The minimum Gasteiger partial charge on any atom is -0.467 e. The summed E-state index contributed by atoms with van der Waals surface area (Å²) < 4.78 is 22.1. The molecule has 2 aromatic carbocycles. The highest BCUT2D eigenvalue weighted by atomic mass is 16.7. The van der Waals surface area contributed by atoms with E-state index in [0.717, 1.165) is 48.4 Å². The fourth-order valence-electron chi connectivity index (χ4n) is 5.79. The molecular weight excluding hydrogens is 572 g/mol. The first-order valence-electron chi connectivity index (χ1n) is 16.0. The van der Waals surface area contributed by atoms with Crippen LogP contribution in [0.25, 0.3) is 0 Å². The number of furan rings is 1. The Bertz CT molecular complexity index is 1390. The van der Waals surface area contributed by atoms with Crippen LogP contribution < -0.4 is 14.8 Å². The summed E-state index contributed by atoms with van der Waals surface area (Å²) >= 11 is 0. The zero-order valence-corrected chi connectivity index (χ0v) is 26.9. The van der Waals surface area contributed by atoms with Crippen LogP contribution in [0.2, 0.25) is 0 Å². The van der Waals surface area contributed by atoms with Crippen molar-refractivity contribution in [2.45, 2.75) is 59.0 Å². The minimum atomic E-state index is -0.277. The largest absolute Gasteiger partial charge is 0.467 e. The first-order valence-corrected chi connectivity index (χ1v) is 16.0. The number of fused-ring (bicyclic) bond motifs is 1. The summed E-state index contributed by atoms with van der Waals surface area (Å²) in [5.41, 5.74) is 3.90. The van der Waals surface area contributed by atoms with E-state index in [-0.39, 0.29) is 43.7 Å². The standard InChI is InChI=1S/C35H46N4O6/c1-25(2)29-9-5-10-30(26(3)4)34(29)36-35(41)38(14-7-13-37-15-18-42-19-16-37)23-33(40)39(22-28-8-6-17-43-28)21-27-11-12-31-32(20-27)45-24-44-31/h5-6,8-12,17,20,25-26H,7,13-16,18-19,21-24H2,1-4H3,(H,36,41). The van der Waals surface area contributed by atoms with Gasteiger partial charge in [-0.05, 0) is 59.2 Å². The average Bonchev–Trinajstić information content (AvgIpc) is 3.72. The number of nitrogens with one attached hydrogen (secondary N) is 1. The first kappa shape index (κ1) is 32.4. The topological polar surface area (TPSA) is 96.7 Å². The van der Waals surface area contributed by atoms with Gasteiger partial charge in [0.05, 0.1) is 26.0 Å². The Morgan fingerprint density at radius 2 is 1.62 bits per heavy atom. The van der Waals surface area contributed by atoms with E-state index in [1.165, 1.54) is 0 Å². The second-order valence-corrected chi connectivity index (χ2v) is 12.3. The molecule has 45 heavy (non-hydrogen) atoms.